The van der Waals surface area contributed by atoms with Crippen LogP contribution >= 0.6 is 0 Å². The molecule has 1 unspecified atom stereocenters. The van der Waals surface area contributed by atoms with Crippen molar-refractivity contribution in [1.29, 1.82) is 5.41 Å². The molecule has 1 saturated heterocycles. The standard InChI is InChI=1S/C27H31N7O4/c28-25(29)19-14-32-34(16-19)26(24(37)20-12-7-13-30-20)33-27(38)23(31-15-21(35)36)22(17-8-3-1-4-9-17)18-10-5-2-6-11-18/h1-6,8-11,14,16,20,22-23,26,30-31H,7,12-13,15H2,(H3,28,29)(H,33,38)(H,35,36)/t20-,23+,26?/m0/s1. The van der Waals surface area contributed by atoms with Crippen molar-refractivity contribution in [3.8, 4) is 0 Å². The van der Waals surface area contributed by atoms with Crippen LogP contribution in [0.4, 0.5) is 0 Å². The molecule has 3 aromatic rings. The Morgan fingerprint density at radius 1 is 1.11 bits per heavy atom. The number of aromatic nitrogens is 2. The quantitative estimate of drug-likeness (QED) is 0.152. The van der Waals surface area contributed by atoms with Gasteiger partial charge in [-0.15, -0.1) is 0 Å². The molecule has 1 aromatic heterocycles. The molecule has 2 aromatic carbocycles. The summed E-state index contributed by atoms with van der Waals surface area (Å²) < 4.78 is 1.28. The highest BCUT2D eigenvalue weighted by Gasteiger charge is 2.37. The Hall–Kier alpha value is -4.35. The number of carbonyl (C=O) groups is 3. The van der Waals surface area contributed by atoms with E-state index in [1.807, 2.05) is 60.7 Å². The molecule has 3 atom stereocenters. The fraction of sp³-hybridized carbons (Fsp3) is 0.296. The van der Waals surface area contributed by atoms with Crippen molar-refractivity contribution in [3.05, 3.63) is 89.7 Å². The number of aliphatic carboxylic acids is 1. The zero-order valence-corrected chi connectivity index (χ0v) is 20.7. The van der Waals surface area contributed by atoms with Crippen LogP contribution < -0.4 is 21.7 Å². The highest BCUT2D eigenvalue weighted by Crippen LogP contribution is 2.29. The smallest absolute Gasteiger partial charge is 0.317 e. The van der Waals surface area contributed by atoms with Gasteiger partial charge in [-0.25, -0.2) is 4.68 Å². The van der Waals surface area contributed by atoms with Gasteiger partial charge in [0.1, 0.15) is 5.84 Å². The number of hydrogen-bond donors (Lipinski definition) is 6. The third kappa shape index (κ3) is 6.31. The first-order valence-electron chi connectivity index (χ1n) is 12.4. The van der Waals surface area contributed by atoms with Gasteiger partial charge in [0.15, 0.2) is 11.9 Å². The minimum absolute atomic E-state index is 0.220. The molecule has 11 heteroatoms. The number of nitrogens with two attached hydrogens (primary N) is 1. The lowest BCUT2D eigenvalue weighted by Crippen LogP contribution is -2.54. The Bertz CT molecular complexity index is 1230. The van der Waals surface area contributed by atoms with E-state index in [4.69, 9.17) is 11.1 Å². The minimum atomic E-state index is -1.19. The predicted octanol–water partition coefficient (Wildman–Crippen LogP) is 0.978. The lowest BCUT2D eigenvalue weighted by molar-refractivity contribution is -0.137. The number of amides is 1. The third-order valence-corrected chi connectivity index (χ3v) is 6.54. The van der Waals surface area contributed by atoms with E-state index in [1.54, 1.807) is 0 Å². The maximum Gasteiger partial charge on any atom is 0.317 e. The molecule has 4 rings (SSSR count). The zero-order chi connectivity index (χ0) is 27.1. The molecule has 2 heterocycles. The van der Waals surface area contributed by atoms with Gasteiger partial charge in [-0.3, -0.25) is 25.1 Å². The number of benzene rings is 2. The number of nitrogen functional groups attached to an aromatic ring is 1. The summed E-state index contributed by atoms with van der Waals surface area (Å²) in [6.07, 6.45) is 3.04. The van der Waals surface area contributed by atoms with E-state index in [2.05, 4.69) is 21.0 Å². The molecular weight excluding hydrogens is 486 g/mol. The van der Waals surface area contributed by atoms with Gasteiger partial charge in [0.25, 0.3) is 0 Å². The number of nitrogens with zero attached hydrogens (tertiary/aromatic N) is 2. The number of carbonyl (C=O) groups excluding carboxylic acids is 2. The molecule has 1 amide bonds. The first kappa shape index (κ1) is 26.7. The number of ketones is 1. The van der Waals surface area contributed by atoms with Gasteiger partial charge in [0.05, 0.1) is 30.4 Å². The van der Waals surface area contributed by atoms with Crippen molar-refractivity contribution in [2.45, 2.75) is 37.0 Å². The van der Waals surface area contributed by atoms with E-state index in [1.165, 1.54) is 17.1 Å². The van der Waals surface area contributed by atoms with Crippen LogP contribution in [0.1, 0.15) is 41.6 Å². The van der Waals surface area contributed by atoms with Crippen molar-refractivity contribution in [2.24, 2.45) is 5.73 Å². The molecule has 0 aliphatic carbocycles. The van der Waals surface area contributed by atoms with Crippen LogP contribution in [0.2, 0.25) is 0 Å². The second-order valence-corrected chi connectivity index (χ2v) is 9.14. The average molecular weight is 518 g/mol. The van der Waals surface area contributed by atoms with Gasteiger partial charge in [0.2, 0.25) is 5.91 Å². The molecule has 38 heavy (non-hydrogen) atoms. The summed E-state index contributed by atoms with van der Waals surface area (Å²) in [5.74, 6) is -2.75. The number of Topliss-reactive ketones (excluding diaryl/α,β-unsaturated/α-hetero) is 1. The summed E-state index contributed by atoms with van der Waals surface area (Å²) in [6, 6.07) is 17.1. The van der Waals surface area contributed by atoms with E-state index in [0.717, 1.165) is 17.5 Å². The van der Waals surface area contributed by atoms with Crippen molar-refractivity contribution >= 4 is 23.5 Å². The number of rotatable bonds is 12. The van der Waals surface area contributed by atoms with Gasteiger partial charge < -0.3 is 21.5 Å². The first-order valence-corrected chi connectivity index (χ1v) is 12.4. The Morgan fingerprint density at radius 2 is 1.74 bits per heavy atom. The van der Waals surface area contributed by atoms with E-state index >= 15 is 0 Å². The Kier molecular flexibility index (Phi) is 8.62. The van der Waals surface area contributed by atoms with Crippen molar-refractivity contribution in [1.82, 2.24) is 25.7 Å². The Balaban J connectivity index is 1.72. The Labute approximate surface area is 219 Å². The summed E-state index contributed by atoms with van der Waals surface area (Å²) in [5.41, 5.74) is 7.50. The van der Waals surface area contributed by atoms with Crippen molar-refractivity contribution < 1.29 is 19.5 Å². The molecule has 7 N–H and O–H groups in total. The Morgan fingerprint density at radius 3 is 2.24 bits per heavy atom. The molecule has 1 fully saturated rings. The maximum absolute atomic E-state index is 13.9. The highest BCUT2D eigenvalue weighted by atomic mass is 16.4. The van der Waals surface area contributed by atoms with Gasteiger partial charge in [-0.1, -0.05) is 60.7 Å². The molecule has 0 spiro atoms. The zero-order valence-electron chi connectivity index (χ0n) is 20.7. The second kappa shape index (κ2) is 12.3. The third-order valence-electron chi connectivity index (χ3n) is 6.54. The molecule has 0 radical (unpaired) electrons. The molecule has 198 valence electrons. The van der Waals surface area contributed by atoms with Gasteiger partial charge in [-0.05, 0) is 30.5 Å². The van der Waals surface area contributed by atoms with Gasteiger partial charge in [-0.2, -0.15) is 5.10 Å². The second-order valence-electron chi connectivity index (χ2n) is 9.14. The molecular formula is C27H31N7O4. The van der Waals surface area contributed by atoms with Crippen LogP contribution in [-0.4, -0.2) is 63.6 Å². The normalized spacial score (nSPS) is 16.6. The topological polar surface area (TPSA) is 175 Å². The summed E-state index contributed by atoms with van der Waals surface area (Å²) in [7, 11) is 0. The summed E-state index contributed by atoms with van der Waals surface area (Å²) in [6.45, 7) is 0.217. The average Bonchev–Trinajstić information content (AvgIpc) is 3.63. The van der Waals surface area contributed by atoms with Crippen molar-refractivity contribution in [3.63, 3.8) is 0 Å². The number of carboxylic acids is 1. The molecule has 0 bridgehead atoms. The first-order chi connectivity index (χ1) is 18.3. The van der Waals surface area contributed by atoms with Crippen LogP contribution in [0.25, 0.3) is 0 Å². The van der Waals surface area contributed by atoms with Crippen LogP contribution in [0, 0.1) is 5.41 Å². The van der Waals surface area contributed by atoms with Crippen LogP contribution in [0.5, 0.6) is 0 Å². The van der Waals surface area contributed by atoms with Crippen molar-refractivity contribution in [2.75, 3.05) is 13.1 Å². The lowest BCUT2D eigenvalue weighted by atomic mass is 9.84. The fourth-order valence-corrected chi connectivity index (χ4v) is 4.69. The van der Waals surface area contributed by atoms with Gasteiger partial charge >= 0.3 is 5.97 Å². The van der Waals surface area contributed by atoms with E-state index in [-0.39, 0.29) is 11.6 Å². The fourth-order valence-electron chi connectivity index (χ4n) is 4.69. The number of hydrogen-bond acceptors (Lipinski definition) is 7. The monoisotopic (exact) mass is 517 g/mol. The number of nitrogens with one attached hydrogen (secondary N) is 4. The summed E-state index contributed by atoms with van der Waals surface area (Å²) in [5, 5.41) is 30.1. The van der Waals surface area contributed by atoms with E-state index in [9.17, 15) is 19.5 Å². The van der Waals surface area contributed by atoms with E-state index < -0.39 is 42.6 Å². The maximum atomic E-state index is 13.9. The molecule has 1 aliphatic rings. The largest absolute Gasteiger partial charge is 0.480 e. The summed E-state index contributed by atoms with van der Waals surface area (Å²) in [4.78, 5) is 39.0. The van der Waals surface area contributed by atoms with Crippen LogP contribution in [-0.2, 0) is 14.4 Å². The van der Waals surface area contributed by atoms with E-state index in [0.29, 0.717) is 18.5 Å². The SMILES string of the molecule is N=C(N)c1cnn(C(NC(=O)[C@H](NCC(=O)O)C(c2ccccc2)c2ccccc2)C(=O)[C@@H]2CCCN2)c1. The van der Waals surface area contributed by atoms with Crippen LogP contribution in [0.15, 0.2) is 73.1 Å². The minimum Gasteiger partial charge on any atom is -0.480 e. The summed E-state index contributed by atoms with van der Waals surface area (Å²) >= 11 is 0. The predicted molar refractivity (Wildman–Crippen MR) is 141 cm³/mol. The molecule has 11 nitrogen and oxygen atoms in total. The lowest BCUT2D eigenvalue weighted by Gasteiger charge is -2.30. The van der Waals surface area contributed by atoms with Crippen LogP contribution in [0.3, 0.4) is 0 Å². The highest BCUT2D eigenvalue weighted by molar-refractivity contribution is 5.95. The molecule has 0 saturated carbocycles. The number of amidine groups is 1. The molecule has 1 aliphatic heterocycles. The number of carboxylic acid groups (broad SMARTS) is 1. The van der Waals surface area contributed by atoms with Gasteiger partial charge in [0, 0.05) is 12.1 Å².